The van der Waals surface area contributed by atoms with Crippen molar-refractivity contribution < 1.29 is 4.79 Å². The molecule has 4 rings (SSSR count). The first-order chi connectivity index (χ1) is 14.6. The number of rotatable bonds is 7. The molecule has 0 aliphatic heterocycles. The minimum absolute atomic E-state index is 0.0733. The van der Waals surface area contributed by atoms with E-state index in [1.165, 1.54) is 35.9 Å². The predicted octanol–water partition coefficient (Wildman–Crippen LogP) is 5.58. The number of amides is 1. The van der Waals surface area contributed by atoms with Gasteiger partial charge >= 0.3 is 0 Å². The Morgan fingerprint density at radius 2 is 1.93 bits per heavy atom. The minimum atomic E-state index is -0.240. The van der Waals surface area contributed by atoms with E-state index >= 15 is 0 Å². The third-order valence-corrected chi connectivity index (χ3v) is 7.61. The van der Waals surface area contributed by atoms with Gasteiger partial charge in [0.2, 0.25) is 5.91 Å². The fourth-order valence-corrected chi connectivity index (χ4v) is 5.78. The van der Waals surface area contributed by atoms with E-state index in [0.29, 0.717) is 6.04 Å². The van der Waals surface area contributed by atoms with Crippen LogP contribution in [-0.2, 0) is 11.2 Å². The molecule has 0 saturated heterocycles. The Bertz CT molecular complexity index is 949. The molecular weight excluding hydrogens is 412 g/mol. The Balaban J connectivity index is 1.55. The molecule has 2 heterocycles. The normalized spacial score (nSPS) is 15.8. The Labute approximate surface area is 186 Å². The molecule has 3 aromatic rings. The number of aromatic nitrogens is 3. The lowest BCUT2D eigenvalue weighted by Crippen LogP contribution is -2.33. The Morgan fingerprint density at radius 1 is 1.17 bits per heavy atom. The van der Waals surface area contributed by atoms with E-state index in [2.05, 4.69) is 32.3 Å². The van der Waals surface area contributed by atoms with Crippen LogP contribution >= 0.6 is 23.1 Å². The van der Waals surface area contributed by atoms with E-state index in [9.17, 15) is 4.79 Å². The molecule has 0 bridgehead atoms. The predicted molar refractivity (Wildman–Crippen MR) is 124 cm³/mol. The summed E-state index contributed by atoms with van der Waals surface area (Å²) in [4.78, 5) is 16.1. The van der Waals surface area contributed by atoms with Gasteiger partial charge in [-0.2, -0.15) is 0 Å². The van der Waals surface area contributed by atoms with Crippen LogP contribution in [-0.4, -0.2) is 33.0 Å². The molecule has 1 unspecified atom stereocenters. The highest BCUT2D eigenvalue weighted by molar-refractivity contribution is 8.00. The number of carbonyl (C=O) groups excluding carboxylic acids is 1. The number of hydrogen-bond acceptors (Lipinski definition) is 5. The van der Waals surface area contributed by atoms with E-state index in [-0.39, 0.29) is 11.2 Å². The van der Waals surface area contributed by atoms with Crippen LogP contribution in [0.1, 0.15) is 55.8 Å². The molecule has 1 atom stereocenters. The zero-order chi connectivity index (χ0) is 20.9. The van der Waals surface area contributed by atoms with Gasteiger partial charge < -0.3 is 9.47 Å². The van der Waals surface area contributed by atoms with Crippen LogP contribution in [0, 0.1) is 0 Å². The van der Waals surface area contributed by atoms with Gasteiger partial charge in [-0.1, -0.05) is 55.3 Å². The van der Waals surface area contributed by atoms with Crippen LogP contribution in [0.5, 0.6) is 0 Å². The molecule has 1 amide bonds. The lowest BCUT2D eigenvalue weighted by molar-refractivity contribution is -0.117. The molecule has 1 aromatic carbocycles. The molecular formula is C23H28N4OS2. The molecule has 30 heavy (non-hydrogen) atoms. The Kier molecular flexibility index (Phi) is 6.89. The molecule has 1 aliphatic carbocycles. The summed E-state index contributed by atoms with van der Waals surface area (Å²) in [5.41, 5.74) is 0.905. The topological polar surface area (TPSA) is 51.0 Å². The maximum absolute atomic E-state index is 13.0. The van der Waals surface area contributed by atoms with Crippen molar-refractivity contribution in [1.82, 2.24) is 14.8 Å². The van der Waals surface area contributed by atoms with Gasteiger partial charge in [0.1, 0.15) is 5.82 Å². The fraction of sp³-hybridized carbons (Fsp3) is 0.435. The van der Waals surface area contributed by atoms with Crippen molar-refractivity contribution in [3.63, 3.8) is 0 Å². The quantitative estimate of drug-likeness (QED) is 0.450. The van der Waals surface area contributed by atoms with Crippen molar-refractivity contribution in [2.24, 2.45) is 0 Å². The molecule has 0 spiro atoms. The summed E-state index contributed by atoms with van der Waals surface area (Å²) in [5.74, 6) is 1.09. The van der Waals surface area contributed by atoms with Crippen molar-refractivity contribution in [3.05, 3.63) is 58.5 Å². The van der Waals surface area contributed by atoms with Crippen molar-refractivity contribution in [3.8, 4) is 0 Å². The van der Waals surface area contributed by atoms with Gasteiger partial charge in [-0.25, -0.2) is 0 Å². The summed E-state index contributed by atoms with van der Waals surface area (Å²) >= 11 is 3.28. The highest BCUT2D eigenvalue weighted by Gasteiger charge is 2.27. The molecule has 7 heteroatoms. The van der Waals surface area contributed by atoms with Crippen LogP contribution < -0.4 is 4.90 Å². The first-order valence-corrected chi connectivity index (χ1v) is 12.3. The van der Waals surface area contributed by atoms with Gasteiger partial charge in [0, 0.05) is 30.1 Å². The summed E-state index contributed by atoms with van der Waals surface area (Å²) in [7, 11) is 1.84. The van der Waals surface area contributed by atoms with Gasteiger partial charge in [-0.15, -0.1) is 21.5 Å². The third kappa shape index (κ3) is 4.78. The standard InChI is InChI=1S/C23H28N4OS2/c1-17(22(28)26(2)18-10-5-3-6-11-18)30-23-25-24-21(16-20-14-9-15-29-20)27(23)19-12-7-4-8-13-19/h3,5-6,9-11,14-15,17,19H,4,7-8,12-13,16H2,1-2H3. The number of thioether (sulfide) groups is 1. The van der Waals surface area contributed by atoms with Crippen molar-refractivity contribution in [2.75, 3.05) is 11.9 Å². The van der Waals surface area contributed by atoms with E-state index in [1.807, 2.05) is 44.3 Å². The van der Waals surface area contributed by atoms with Gasteiger partial charge in [-0.3, -0.25) is 4.79 Å². The maximum atomic E-state index is 13.0. The second-order valence-electron chi connectivity index (χ2n) is 7.81. The number of carbonyl (C=O) groups is 1. The molecule has 2 aromatic heterocycles. The molecule has 5 nitrogen and oxygen atoms in total. The van der Waals surface area contributed by atoms with Gasteiger partial charge in [-0.05, 0) is 43.3 Å². The highest BCUT2D eigenvalue weighted by atomic mass is 32.2. The van der Waals surface area contributed by atoms with Crippen LogP contribution in [0.15, 0.2) is 53.0 Å². The zero-order valence-electron chi connectivity index (χ0n) is 17.5. The zero-order valence-corrected chi connectivity index (χ0v) is 19.2. The van der Waals surface area contributed by atoms with Gasteiger partial charge in [0.15, 0.2) is 5.16 Å². The molecule has 1 saturated carbocycles. The average Bonchev–Trinajstić information content (AvgIpc) is 3.44. The molecule has 158 valence electrons. The number of anilines is 1. The summed E-state index contributed by atoms with van der Waals surface area (Å²) in [6, 6.07) is 14.4. The second-order valence-corrected chi connectivity index (χ2v) is 10.1. The fourth-order valence-electron chi connectivity index (χ4n) is 4.04. The van der Waals surface area contributed by atoms with Crippen molar-refractivity contribution in [2.45, 2.75) is 61.9 Å². The SMILES string of the molecule is CC(Sc1nnc(Cc2cccs2)n1C1CCCCC1)C(=O)N(C)c1ccccc1. The second kappa shape index (κ2) is 9.79. The molecule has 0 N–H and O–H groups in total. The smallest absolute Gasteiger partial charge is 0.240 e. The van der Waals surface area contributed by atoms with Crippen molar-refractivity contribution in [1.29, 1.82) is 0 Å². The van der Waals surface area contributed by atoms with Crippen LogP contribution in [0.2, 0.25) is 0 Å². The number of hydrogen-bond donors (Lipinski definition) is 0. The average molecular weight is 441 g/mol. The molecule has 0 radical (unpaired) electrons. The van der Waals surface area contributed by atoms with Crippen LogP contribution in [0.25, 0.3) is 0 Å². The maximum Gasteiger partial charge on any atom is 0.240 e. The van der Waals surface area contributed by atoms with E-state index in [0.717, 1.165) is 35.9 Å². The monoisotopic (exact) mass is 440 g/mol. The Hall–Kier alpha value is -2.12. The van der Waals surface area contributed by atoms with E-state index in [4.69, 9.17) is 0 Å². The van der Waals surface area contributed by atoms with Crippen LogP contribution in [0.3, 0.4) is 0 Å². The van der Waals surface area contributed by atoms with Crippen molar-refractivity contribution >= 4 is 34.7 Å². The summed E-state index contributed by atoms with van der Waals surface area (Å²) < 4.78 is 2.33. The third-order valence-electron chi connectivity index (χ3n) is 5.69. The van der Waals surface area contributed by atoms with Crippen LogP contribution in [0.4, 0.5) is 5.69 Å². The van der Waals surface area contributed by atoms with Gasteiger partial charge in [0.05, 0.1) is 5.25 Å². The summed E-state index contributed by atoms with van der Waals surface area (Å²) in [6.07, 6.45) is 6.92. The largest absolute Gasteiger partial charge is 0.315 e. The summed E-state index contributed by atoms with van der Waals surface area (Å²) in [6.45, 7) is 1.96. The van der Waals surface area contributed by atoms with E-state index < -0.39 is 0 Å². The lowest BCUT2D eigenvalue weighted by atomic mass is 9.95. The van der Waals surface area contributed by atoms with E-state index in [1.54, 1.807) is 16.2 Å². The summed E-state index contributed by atoms with van der Waals surface area (Å²) in [5, 5.41) is 11.8. The number of benzene rings is 1. The molecule has 1 aliphatic rings. The highest BCUT2D eigenvalue weighted by Crippen LogP contribution is 2.35. The Morgan fingerprint density at radius 3 is 2.63 bits per heavy atom. The lowest BCUT2D eigenvalue weighted by Gasteiger charge is -2.26. The van der Waals surface area contributed by atoms with Gasteiger partial charge in [0.25, 0.3) is 0 Å². The number of nitrogens with zero attached hydrogens (tertiary/aromatic N) is 4. The number of thiophene rings is 1. The first-order valence-electron chi connectivity index (χ1n) is 10.6. The molecule has 1 fully saturated rings. The minimum Gasteiger partial charge on any atom is -0.315 e. The number of para-hydroxylation sites is 1. The first kappa shape index (κ1) is 21.1.